The van der Waals surface area contributed by atoms with Crippen molar-refractivity contribution in [3.05, 3.63) is 60.2 Å². The van der Waals surface area contributed by atoms with Crippen LogP contribution in [0.4, 0.5) is 10.5 Å². The minimum Gasteiger partial charge on any atom is -0.490 e. The maximum Gasteiger partial charge on any atom is 0.414 e. The van der Waals surface area contributed by atoms with Crippen molar-refractivity contribution in [1.29, 1.82) is 0 Å². The van der Waals surface area contributed by atoms with Crippen LogP contribution in [0.3, 0.4) is 0 Å². The smallest absolute Gasteiger partial charge is 0.414 e. The number of ether oxygens (including phenoxy) is 3. The van der Waals surface area contributed by atoms with Crippen LogP contribution in [0.2, 0.25) is 0 Å². The molecule has 2 aromatic carbocycles. The van der Waals surface area contributed by atoms with Gasteiger partial charge in [-0.15, -0.1) is 0 Å². The second kappa shape index (κ2) is 7.56. The zero-order valence-corrected chi connectivity index (χ0v) is 17.7. The molecule has 5 nitrogen and oxygen atoms in total. The number of para-hydroxylation sites is 2. The maximum atomic E-state index is 13.2. The normalized spacial score (nSPS) is 33.0. The van der Waals surface area contributed by atoms with Crippen LogP contribution in [0, 0.1) is 17.8 Å². The van der Waals surface area contributed by atoms with Gasteiger partial charge in [0.15, 0.2) is 0 Å². The first-order valence-electron chi connectivity index (χ1n) is 11.6. The van der Waals surface area contributed by atoms with E-state index < -0.39 is 0 Å². The average Bonchev–Trinajstić information content (AvgIpc) is 2.80. The van der Waals surface area contributed by atoms with E-state index in [9.17, 15) is 4.79 Å². The number of carbonyl (C=O) groups is 1. The molecule has 1 aliphatic heterocycles. The summed E-state index contributed by atoms with van der Waals surface area (Å²) in [4.78, 5) is 14.9. The van der Waals surface area contributed by atoms with Gasteiger partial charge in [0.1, 0.15) is 18.5 Å². The van der Waals surface area contributed by atoms with E-state index in [4.69, 9.17) is 14.2 Å². The van der Waals surface area contributed by atoms with Crippen LogP contribution in [0.15, 0.2) is 54.6 Å². The van der Waals surface area contributed by atoms with E-state index in [1.165, 1.54) is 5.56 Å². The van der Waals surface area contributed by atoms with Gasteiger partial charge in [-0.05, 0) is 67.6 Å². The molecular weight excluding hydrogens is 390 g/mol. The van der Waals surface area contributed by atoms with Crippen LogP contribution in [0.1, 0.15) is 37.7 Å². The molecule has 4 saturated carbocycles. The van der Waals surface area contributed by atoms with Crippen LogP contribution in [0.25, 0.3) is 0 Å². The number of carbonyl (C=O) groups excluding carboxylic acids is 1. The van der Waals surface area contributed by atoms with Gasteiger partial charge in [0.25, 0.3) is 0 Å². The fraction of sp³-hybridized carbons (Fsp3) is 0.500. The summed E-state index contributed by atoms with van der Waals surface area (Å²) in [7, 11) is 0. The van der Waals surface area contributed by atoms with E-state index in [1.807, 2.05) is 30.3 Å². The van der Waals surface area contributed by atoms with Gasteiger partial charge in [-0.25, -0.2) is 4.79 Å². The number of anilines is 1. The lowest BCUT2D eigenvalue weighted by Crippen LogP contribution is -2.59. The van der Waals surface area contributed by atoms with Gasteiger partial charge in [-0.2, -0.15) is 0 Å². The van der Waals surface area contributed by atoms with E-state index in [0.717, 1.165) is 43.5 Å². The summed E-state index contributed by atoms with van der Waals surface area (Å²) in [6.07, 6.45) is 5.26. The second-order valence-electron chi connectivity index (χ2n) is 9.74. The molecule has 0 N–H and O–H groups in total. The van der Waals surface area contributed by atoms with Gasteiger partial charge in [0.05, 0.1) is 24.4 Å². The average molecular weight is 420 g/mol. The van der Waals surface area contributed by atoms with Crippen LogP contribution < -0.4 is 9.64 Å². The molecule has 0 aromatic heterocycles. The first-order valence-corrected chi connectivity index (χ1v) is 11.6. The number of fused-ring (bicyclic) bond motifs is 1. The molecule has 4 bridgehead atoms. The summed E-state index contributed by atoms with van der Waals surface area (Å²) in [6, 6.07) is 18.1. The van der Waals surface area contributed by atoms with Crippen molar-refractivity contribution < 1.29 is 19.0 Å². The van der Waals surface area contributed by atoms with Crippen molar-refractivity contribution in [3.63, 3.8) is 0 Å². The Hall–Kier alpha value is -2.53. The largest absolute Gasteiger partial charge is 0.490 e. The highest BCUT2D eigenvalue weighted by Gasteiger charge is 2.57. The Morgan fingerprint density at radius 1 is 1.00 bits per heavy atom. The Morgan fingerprint density at radius 3 is 2.55 bits per heavy atom. The van der Waals surface area contributed by atoms with Gasteiger partial charge in [0.2, 0.25) is 0 Å². The van der Waals surface area contributed by atoms with Gasteiger partial charge in [0, 0.05) is 0 Å². The van der Waals surface area contributed by atoms with Crippen LogP contribution in [-0.2, 0) is 16.1 Å². The molecule has 0 spiro atoms. The van der Waals surface area contributed by atoms with Gasteiger partial charge in [-0.1, -0.05) is 42.5 Å². The summed E-state index contributed by atoms with van der Waals surface area (Å²) in [5, 5.41) is 0. The Morgan fingerprint density at radius 2 is 1.74 bits per heavy atom. The van der Waals surface area contributed by atoms with Crippen molar-refractivity contribution in [2.75, 3.05) is 18.1 Å². The molecule has 1 heterocycles. The lowest BCUT2D eigenvalue weighted by molar-refractivity contribution is -0.204. The third-order valence-corrected chi connectivity index (χ3v) is 7.70. The Labute approximate surface area is 183 Å². The highest BCUT2D eigenvalue weighted by atomic mass is 16.6. The molecule has 5 heteroatoms. The summed E-state index contributed by atoms with van der Waals surface area (Å²) in [6.45, 7) is 1.70. The summed E-state index contributed by atoms with van der Waals surface area (Å²) < 4.78 is 18.5. The maximum absolute atomic E-state index is 13.2. The van der Waals surface area contributed by atoms with E-state index in [1.54, 1.807) is 4.90 Å². The molecular formula is C26H29NO4. The first kappa shape index (κ1) is 19.2. The number of nitrogens with zero attached hydrogens (tertiary/aromatic N) is 1. The molecule has 4 aliphatic carbocycles. The molecule has 0 radical (unpaired) electrons. The standard InChI is InChI=1S/C26H29NO4/c28-25(27-10-11-29-23-9-5-4-8-22(23)27)31-24-20-12-19-13-21(24)16-26(14-19,15-20)30-17-18-6-2-1-3-7-18/h1-9,19-21,24H,10-17H2. The highest BCUT2D eigenvalue weighted by Crippen LogP contribution is 2.58. The van der Waals surface area contributed by atoms with E-state index in [0.29, 0.717) is 37.5 Å². The third kappa shape index (κ3) is 3.49. The molecule has 1 amide bonds. The lowest BCUT2D eigenvalue weighted by Gasteiger charge is -2.59. The minimum atomic E-state index is -0.229. The third-order valence-electron chi connectivity index (χ3n) is 7.70. The Balaban J connectivity index is 1.15. The van der Waals surface area contributed by atoms with Gasteiger partial charge >= 0.3 is 6.09 Å². The predicted molar refractivity (Wildman–Crippen MR) is 117 cm³/mol. The Kier molecular flexibility index (Phi) is 4.67. The zero-order valence-electron chi connectivity index (χ0n) is 17.7. The Bertz CT molecular complexity index is 945. The number of hydrogen-bond acceptors (Lipinski definition) is 4. The molecule has 2 unspecified atom stereocenters. The fourth-order valence-electron chi connectivity index (χ4n) is 6.62. The molecule has 4 fully saturated rings. The van der Waals surface area contributed by atoms with Crippen LogP contribution in [0.5, 0.6) is 5.75 Å². The van der Waals surface area contributed by atoms with E-state index >= 15 is 0 Å². The summed E-state index contributed by atoms with van der Waals surface area (Å²) in [5.41, 5.74) is 2.00. The monoisotopic (exact) mass is 419 g/mol. The van der Waals surface area contributed by atoms with Gasteiger partial charge < -0.3 is 14.2 Å². The fourth-order valence-corrected chi connectivity index (χ4v) is 6.62. The second-order valence-corrected chi connectivity index (χ2v) is 9.74. The molecule has 31 heavy (non-hydrogen) atoms. The van der Waals surface area contributed by atoms with Crippen LogP contribution >= 0.6 is 0 Å². The van der Waals surface area contributed by atoms with E-state index in [-0.39, 0.29) is 17.8 Å². The van der Waals surface area contributed by atoms with Crippen LogP contribution in [-0.4, -0.2) is 30.9 Å². The molecule has 5 aliphatic rings. The lowest BCUT2D eigenvalue weighted by atomic mass is 9.53. The van der Waals surface area contributed by atoms with Crippen molar-refractivity contribution in [1.82, 2.24) is 0 Å². The minimum absolute atomic E-state index is 0.00695. The number of rotatable bonds is 4. The van der Waals surface area contributed by atoms with Crippen molar-refractivity contribution in [2.45, 2.75) is 50.4 Å². The van der Waals surface area contributed by atoms with Gasteiger partial charge in [-0.3, -0.25) is 4.90 Å². The SMILES string of the molecule is O=C(OC1C2CC3CC1CC(OCc1ccccc1)(C3)C2)N1CCOc2ccccc21. The van der Waals surface area contributed by atoms with E-state index in [2.05, 4.69) is 24.3 Å². The summed E-state index contributed by atoms with van der Waals surface area (Å²) in [5.74, 6) is 2.26. The predicted octanol–water partition coefficient (Wildman–Crippen LogP) is 5.19. The number of benzene rings is 2. The van der Waals surface area contributed by atoms with Crippen molar-refractivity contribution >= 4 is 11.8 Å². The van der Waals surface area contributed by atoms with Crippen molar-refractivity contribution in [3.8, 4) is 5.75 Å². The van der Waals surface area contributed by atoms with Crippen molar-refractivity contribution in [2.24, 2.45) is 17.8 Å². The molecule has 2 aromatic rings. The zero-order chi connectivity index (χ0) is 20.8. The molecule has 7 rings (SSSR count). The highest BCUT2D eigenvalue weighted by molar-refractivity contribution is 5.90. The number of amides is 1. The summed E-state index contributed by atoms with van der Waals surface area (Å²) >= 11 is 0. The topological polar surface area (TPSA) is 48.0 Å². The molecule has 162 valence electrons. The quantitative estimate of drug-likeness (QED) is 0.685. The molecule has 2 atom stereocenters. The first-order chi connectivity index (χ1) is 15.2. The molecule has 0 saturated heterocycles. The number of hydrogen-bond donors (Lipinski definition) is 0.